The predicted octanol–water partition coefficient (Wildman–Crippen LogP) is 4.50. The van der Waals surface area contributed by atoms with Gasteiger partial charge in [-0.1, -0.05) is 60.8 Å². The summed E-state index contributed by atoms with van der Waals surface area (Å²) in [7, 11) is 0. The van der Waals surface area contributed by atoms with Gasteiger partial charge >= 0.3 is 0 Å². The monoisotopic (exact) mass is 570 g/mol. The Morgan fingerprint density at radius 2 is 1.69 bits per heavy atom. The molecule has 1 saturated carbocycles. The highest BCUT2D eigenvalue weighted by molar-refractivity contribution is 7.99. The molecule has 2 amide bonds. The van der Waals surface area contributed by atoms with E-state index < -0.39 is 0 Å². The minimum absolute atomic E-state index is 0.0954. The second-order valence-corrected chi connectivity index (χ2v) is 12.3. The molecular formula is C29H39ClN6O2S. The molecule has 8 nitrogen and oxygen atoms in total. The van der Waals surface area contributed by atoms with Crippen molar-refractivity contribution in [2.75, 3.05) is 61.4 Å². The first kappa shape index (κ1) is 28.0. The maximum Gasteiger partial charge on any atom is 0.233 e. The summed E-state index contributed by atoms with van der Waals surface area (Å²) in [4.78, 5) is 43.7. The molecule has 0 bridgehead atoms. The van der Waals surface area contributed by atoms with Gasteiger partial charge in [-0.05, 0) is 38.3 Å². The van der Waals surface area contributed by atoms with Gasteiger partial charge in [0.25, 0.3) is 0 Å². The van der Waals surface area contributed by atoms with Crippen LogP contribution in [0.4, 0.5) is 11.5 Å². The molecule has 1 aromatic carbocycles. The fraction of sp³-hybridized carbons (Fsp3) is 0.586. The Morgan fingerprint density at radius 3 is 2.41 bits per heavy atom. The quantitative estimate of drug-likeness (QED) is 0.288. The molecule has 1 unspecified atom stereocenters. The van der Waals surface area contributed by atoms with Crippen LogP contribution in [0.5, 0.6) is 0 Å². The van der Waals surface area contributed by atoms with Crippen molar-refractivity contribution in [1.29, 1.82) is 0 Å². The summed E-state index contributed by atoms with van der Waals surface area (Å²) in [6, 6.07) is 10.3. The number of halogens is 1. The highest BCUT2D eigenvalue weighted by Crippen LogP contribution is 2.29. The molecule has 2 saturated heterocycles. The fourth-order valence-corrected chi connectivity index (χ4v) is 7.01. The minimum atomic E-state index is 0.0954. The molecule has 3 heterocycles. The Hall–Kier alpha value is -2.52. The number of hydrogen-bond acceptors (Lipinski definition) is 7. The molecule has 5 rings (SSSR count). The highest BCUT2D eigenvalue weighted by Gasteiger charge is 2.33. The maximum atomic E-state index is 13.1. The predicted molar refractivity (Wildman–Crippen MR) is 158 cm³/mol. The Kier molecular flexibility index (Phi) is 9.17. The van der Waals surface area contributed by atoms with E-state index >= 15 is 0 Å². The van der Waals surface area contributed by atoms with Crippen molar-refractivity contribution in [2.45, 2.75) is 57.1 Å². The summed E-state index contributed by atoms with van der Waals surface area (Å²) in [5.41, 5.74) is 2.50. The second-order valence-electron chi connectivity index (χ2n) is 10.9. The van der Waals surface area contributed by atoms with Crippen molar-refractivity contribution in [2.24, 2.45) is 5.92 Å². The number of benzene rings is 1. The molecule has 3 fully saturated rings. The Bertz CT molecular complexity index is 1170. The van der Waals surface area contributed by atoms with E-state index in [1.807, 2.05) is 4.90 Å². The number of rotatable bonds is 6. The van der Waals surface area contributed by atoms with Crippen LogP contribution < -0.4 is 9.80 Å². The molecule has 1 aromatic heterocycles. The molecule has 2 aromatic rings. The maximum absolute atomic E-state index is 13.1. The van der Waals surface area contributed by atoms with E-state index in [1.54, 1.807) is 6.07 Å². The number of aromatic nitrogens is 2. The van der Waals surface area contributed by atoms with Crippen LogP contribution in [0.2, 0.25) is 5.15 Å². The van der Waals surface area contributed by atoms with Gasteiger partial charge in [0.15, 0.2) is 5.16 Å². The van der Waals surface area contributed by atoms with Gasteiger partial charge in [-0.25, -0.2) is 9.97 Å². The molecule has 2 aliphatic heterocycles. The average molecular weight is 571 g/mol. The fourth-order valence-electron chi connectivity index (χ4n) is 6.02. The molecule has 210 valence electrons. The van der Waals surface area contributed by atoms with Crippen molar-refractivity contribution in [3.8, 4) is 0 Å². The van der Waals surface area contributed by atoms with Crippen LogP contribution in [0, 0.1) is 12.8 Å². The number of carbonyl (C=O) groups is 2. The van der Waals surface area contributed by atoms with Gasteiger partial charge in [0.2, 0.25) is 11.8 Å². The van der Waals surface area contributed by atoms with Crippen LogP contribution in [0.3, 0.4) is 0 Å². The lowest BCUT2D eigenvalue weighted by Crippen LogP contribution is -2.55. The normalized spacial score (nSPS) is 20.8. The lowest BCUT2D eigenvalue weighted by atomic mass is 9.88. The molecule has 39 heavy (non-hydrogen) atoms. The van der Waals surface area contributed by atoms with Gasteiger partial charge in [0.1, 0.15) is 11.0 Å². The Balaban J connectivity index is 1.13. The van der Waals surface area contributed by atoms with E-state index in [0.717, 1.165) is 44.6 Å². The number of carbonyl (C=O) groups excluding carboxylic acids is 2. The van der Waals surface area contributed by atoms with Crippen molar-refractivity contribution >= 4 is 46.7 Å². The van der Waals surface area contributed by atoms with Gasteiger partial charge < -0.3 is 19.6 Å². The zero-order valence-corrected chi connectivity index (χ0v) is 24.6. The van der Waals surface area contributed by atoms with Crippen LogP contribution >= 0.6 is 23.4 Å². The lowest BCUT2D eigenvalue weighted by Gasteiger charge is -2.42. The first-order valence-electron chi connectivity index (χ1n) is 14.2. The van der Waals surface area contributed by atoms with Crippen LogP contribution in [0.15, 0.2) is 35.5 Å². The Morgan fingerprint density at radius 1 is 0.974 bits per heavy atom. The van der Waals surface area contributed by atoms with Gasteiger partial charge in [-0.15, -0.1) is 0 Å². The summed E-state index contributed by atoms with van der Waals surface area (Å²) in [6.07, 6.45) is 5.62. The number of amides is 2. The average Bonchev–Trinajstić information content (AvgIpc) is 2.96. The zero-order valence-electron chi connectivity index (χ0n) is 23.0. The SMILES string of the molecule is Cc1ccccc1N1CCN(C(=O)CSc2nc(Cl)cc(N3CCN(C(=O)C4CCCCC4)C(C)C3)n2)CC1. The third kappa shape index (κ3) is 6.80. The molecule has 1 atom stereocenters. The summed E-state index contributed by atoms with van der Waals surface area (Å²) < 4.78 is 0. The van der Waals surface area contributed by atoms with E-state index in [1.165, 1.54) is 29.4 Å². The highest BCUT2D eigenvalue weighted by atomic mass is 35.5. The Labute approximate surface area is 241 Å². The van der Waals surface area contributed by atoms with Gasteiger partial charge in [0.05, 0.1) is 5.75 Å². The lowest BCUT2D eigenvalue weighted by molar-refractivity contribution is -0.139. The molecule has 3 aliphatic rings. The molecule has 0 spiro atoms. The third-order valence-corrected chi connectivity index (χ3v) is 9.29. The standard InChI is InChI=1S/C29H39ClN6O2S/c1-21-8-6-7-11-24(21)33-12-14-34(15-13-33)27(37)20-39-29-31-25(30)18-26(32-29)35-16-17-36(22(2)19-35)28(38)23-9-4-3-5-10-23/h6-8,11,18,22-23H,3-5,9-10,12-17,19-20H2,1-2H3. The van der Waals surface area contributed by atoms with Crippen LogP contribution in [-0.4, -0.2) is 89.2 Å². The number of aryl methyl sites for hydroxylation is 1. The summed E-state index contributed by atoms with van der Waals surface area (Å²) in [6.45, 7) is 9.41. The van der Waals surface area contributed by atoms with Crippen LogP contribution in [0.1, 0.15) is 44.6 Å². The van der Waals surface area contributed by atoms with E-state index in [0.29, 0.717) is 48.9 Å². The number of hydrogen-bond donors (Lipinski definition) is 0. The van der Waals surface area contributed by atoms with E-state index in [2.05, 4.69) is 57.8 Å². The summed E-state index contributed by atoms with van der Waals surface area (Å²) >= 11 is 7.72. The van der Waals surface area contributed by atoms with Crippen molar-refractivity contribution in [3.63, 3.8) is 0 Å². The topological polar surface area (TPSA) is 72.9 Å². The van der Waals surface area contributed by atoms with Crippen molar-refractivity contribution < 1.29 is 9.59 Å². The van der Waals surface area contributed by atoms with Gasteiger partial charge in [-0.2, -0.15) is 0 Å². The van der Waals surface area contributed by atoms with Crippen LogP contribution in [-0.2, 0) is 9.59 Å². The number of nitrogens with zero attached hydrogens (tertiary/aromatic N) is 6. The molecule has 1 aliphatic carbocycles. The first-order valence-corrected chi connectivity index (χ1v) is 15.6. The molecule has 0 radical (unpaired) electrons. The summed E-state index contributed by atoms with van der Waals surface area (Å²) in [5, 5.41) is 0.882. The number of anilines is 2. The number of thioether (sulfide) groups is 1. The van der Waals surface area contributed by atoms with Gasteiger partial charge in [0, 0.05) is 69.5 Å². The van der Waals surface area contributed by atoms with Crippen molar-refractivity contribution in [1.82, 2.24) is 19.8 Å². The molecule has 10 heteroatoms. The molecule has 0 N–H and O–H groups in total. The molecular weight excluding hydrogens is 532 g/mol. The largest absolute Gasteiger partial charge is 0.368 e. The van der Waals surface area contributed by atoms with Gasteiger partial charge in [-0.3, -0.25) is 9.59 Å². The minimum Gasteiger partial charge on any atom is -0.368 e. The van der Waals surface area contributed by atoms with Crippen molar-refractivity contribution in [3.05, 3.63) is 41.0 Å². The zero-order chi connectivity index (χ0) is 27.4. The first-order chi connectivity index (χ1) is 18.9. The van der Waals surface area contributed by atoms with E-state index in [9.17, 15) is 9.59 Å². The smallest absolute Gasteiger partial charge is 0.233 e. The second kappa shape index (κ2) is 12.8. The third-order valence-electron chi connectivity index (χ3n) is 8.26. The van der Waals surface area contributed by atoms with Crippen LogP contribution in [0.25, 0.3) is 0 Å². The van der Waals surface area contributed by atoms with E-state index in [-0.39, 0.29) is 23.6 Å². The number of piperazine rings is 2. The van der Waals surface area contributed by atoms with E-state index in [4.69, 9.17) is 16.6 Å². The summed E-state index contributed by atoms with van der Waals surface area (Å²) in [5.74, 6) is 1.64. The number of para-hydroxylation sites is 1.